The van der Waals surface area contributed by atoms with Gasteiger partial charge < -0.3 is 11.1 Å². The summed E-state index contributed by atoms with van der Waals surface area (Å²) in [5.74, 6) is -1.83. The number of amides is 2. The van der Waals surface area contributed by atoms with Crippen LogP contribution in [-0.2, 0) is 14.6 Å². The number of rotatable bonds is 5. The topological polar surface area (TPSA) is 106 Å². The molecule has 1 aromatic heterocycles. The molecule has 1 heterocycles. The van der Waals surface area contributed by atoms with Gasteiger partial charge in [0.25, 0.3) is 5.91 Å². The summed E-state index contributed by atoms with van der Waals surface area (Å²) in [6.45, 7) is 1.78. The van der Waals surface area contributed by atoms with Gasteiger partial charge in [-0.25, -0.2) is 12.8 Å². The van der Waals surface area contributed by atoms with E-state index in [9.17, 15) is 22.4 Å². The minimum absolute atomic E-state index is 0.0839. The highest BCUT2D eigenvalue weighted by atomic mass is 32.2. The summed E-state index contributed by atoms with van der Waals surface area (Å²) >= 11 is 0.724. The fraction of sp³-hybridized carbons (Fsp3) is 0.250. The zero-order chi connectivity index (χ0) is 18.4. The molecule has 1 fully saturated rings. The van der Waals surface area contributed by atoms with Crippen molar-refractivity contribution < 1.29 is 22.4 Å². The second-order valence-electron chi connectivity index (χ2n) is 6.15. The highest BCUT2D eigenvalue weighted by Crippen LogP contribution is 2.46. The molecule has 2 aromatic rings. The zero-order valence-electron chi connectivity index (χ0n) is 13.2. The Morgan fingerprint density at radius 3 is 2.52 bits per heavy atom. The molecule has 3 N–H and O–H groups in total. The Hall–Kier alpha value is -2.26. The number of thiophene rings is 1. The molecule has 0 saturated heterocycles. The predicted octanol–water partition coefficient (Wildman–Crippen LogP) is 2.56. The number of sulfone groups is 1. The van der Waals surface area contributed by atoms with E-state index in [1.165, 1.54) is 12.1 Å². The number of carbonyl (C=O) groups excluding carboxylic acids is 2. The number of carbonyl (C=O) groups is 2. The molecule has 0 spiro atoms. The van der Waals surface area contributed by atoms with Crippen LogP contribution in [0, 0.1) is 11.2 Å². The summed E-state index contributed by atoms with van der Waals surface area (Å²) in [5.41, 5.74) is 4.71. The number of hydrogen-bond donors (Lipinski definition) is 2. The Morgan fingerprint density at radius 1 is 1.28 bits per heavy atom. The summed E-state index contributed by atoms with van der Waals surface area (Å²) in [4.78, 5) is 23.6. The van der Waals surface area contributed by atoms with Gasteiger partial charge in [0.15, 0.2) is 0 Å². The lowest BCUT2D eigenvalue weighted by atomic mass is 10.1. The molecule has 1 aliphatic carbocycles. The standard InChI is InChI=1S/C16H15FN2O4S2/c1-16(5-6-16)15(21)19-14-11(13(18)20)8-12(24-14)25(22,23)10-4-2-3-9(17)7-10/h2-4,7-8H,5-6H2,1H3,(H2,18,20)(H,19,21). The Bertz CT molecular complexity index is 978. The number of nitrogens with one attached hydrogen (secondary N) is 1. The monoisotopic (exact) mass is 382 g/mol. The fourth-order valence-electron chi connectivity index (χ4n) is 2.20. The third-order valence-corrected chi connectivity index (χ3v) is 7.40. The highest BCUT2D eigenvalue weighted by Gasteiger charge is 2.45. The highest BCUT2D eigenvalue weighted by molar-refractivity contribution is 7.93. The van der Waals surface area contributed by atoms with Gasteiger partial charge in [-0.3, -0.25) is 9.59 Å². The smallest absolute Gasteiger partial charge is 0.251 e. The van der Waals surface area contributed by atoms with E-state index in [0.717, 1.165) is 42.4 Å². The molecule has 0 unspecified atom stereocenters. The summed E-state index contributed by atoms with van der Waals surface area (Å²) in [5, 5.41) is 2.67. The molecule has 0 aliphatic heterocycles. The third kappa shape index (κ3) is 3.29. The summed E-state index contributed by atoms with van der Waals surface area (Å²) < 4.78 is 38.4. The maximum Gasteiger partial charge on any atom is 0.251 e. The van der Waals surface area contributed by atoms with Crippen molar-refractivity contribution in [2.75, 3.05) is 5.32 Å². The third-order valence-electron chi connectivity index (χ3n) is 4.12. The van der Waals surface area contributed by atoms with Crippen LogP contribution in [0.25, 0.3) is 0 Å². The van der Waals surface area contributed by atoms with Crippen LogP contribution in [0.15, 0.2) is 39.4 Å². The van der Waals surface area contributed by atoms with Gasteiger partial charge in [0, 0.05) is 5.41 Å². The fourth-order valence-corrected chi connectivity index (χ4v) is 5.00. The molecule has 0 atom stereocenters. The van der Waals surface area contributed by atoms with E-state index < -0.39 is 27.0 Å². The van der Waals surface area contributed by atoms with Crippen LogP contribution in [0.5, 0.6) is 0 Å². The van der Waals surface area contributed by atoms with Crippen LogP contribution in [0.2, 0.25) is 0 Å². The van der Waals surface area contributed by atoms with Crippen LogP contribution in [-0.4, -0.2) is 20.2 Å². The Balaban J connectivity index is 2.01. The minimum Gasteiger partial charge on any atom is -0.366 e. The molecular weight excluding hydrogens is 367 g/mol. The van der Waals surface area contributed by atoms with Crippen molar-refractivity contribution in [3.8, 4) is 0 Å². The zero-order valence-corrected chi connectivity index (χ0v) is 14.8. The Labute approximate surface area is 147 Å². The normalized spacial score (nSPS) is 15.6. The lowest BCUT2D eigenvalue weighted by molar-refractivity contribution is -0.120. The van der Waals surface area contributed by atoms with E-state index in [-0.39, 0.29) is 25.6 Å². The molecule has 0 bridgehead atoms. The van der Waals surface area contributed by atoms with E-state index >= 15 is 0 Å². The molecule has 0 radical (unpaired) electrons. The van der Waals surface area contributed by atoms with Crippen LogP contribution in [0.4, 0.5) is 9.39 Å². The molecule has 3 rings (SSSR count). The number of hydrogen-bond acceptors (Lipinski definition) is 5. The SMILES string of the molecule is CC1(C(=O)Nc2sc(S(=O)(=O)c3cccc(F)c3)cc2C(N)=O)CC1. The molecule has 1 aliphatic rings. The molecule has 1 saturated carbocycles. The largest absolute Gasteiger partial charge is 0.366 e. The van der Waals surface area contributed by atoms with E-state index in [2.05, 4.69) is 5.32 Å². The maximum atomic E-state index is 13.3. The second-order valence-corrected chi connectivity index (χ2v) is 9.38. The van der Waals surface area contributed by atoms with Crippen LogP contribution < -0.4 is 11.1 Å². The van der Waals surface area contributed by atoms with Crippen molar-refractivity contribution >= 4 is 38.0 Å². The first kappa shape index (κ1) is 17.6. The first-order valence-electron chi connectivity index (χ1n) is 7.39. The van der Waals surface area contributed by atoms with E-state index in [1.807, 2.05) is 0 Å². The molecular formula is C16H15FN2O4S2. The number of benzene rings is 1. The number of nitrogens with two attached hydrogens (primary N) is 1. The second kappa shape index (κ2) is 5.92. The van der Waals surface area contributed by atoms with Gasteiger partial charge >= 0.3 is 0 Å². The number of primary amides is 1. The summed E-state index contributed by atoms with van der Waals surface area (Å²) in [6, 6.07) is 5.66. The van der Waals surface area contributed by atoms with Gasteiger partial charge in [-0.15, -0.1) is 11.3 Å². The quantitative estimate of drug-likeness (QED) is 0.829. The van der Waals surface area contributed by atoms with Crippen molar-refractivity contribution in [3.05, 3.63) is 41.7 Å². The van der Waals surface area contributed by atoms with Crippen LogP contribution in [0.1, 0.15) is 30.1 Å². The van der Waals surface area contributed by atoms with E-state index in [1.54, 1.807) is 6.92 Å². The van der Waals surface area contributed by atoms with Crippen molar-refractivity contribution in [2.24, 2.45) is 11.1 Å². The molecule has 25 heavy (non-hydrogen) atoms. The summed E-state index contributed by atoms with van der Waals surface area (Å²) in [7, 11) is -4.03. The Kier molecular flexibility index (Phi) is 4.16. The number of anilines is 1. The van der Waals surface area contributed by atoms with Gasteiger partial charge in [0.1, 0.15) is 15.0 Å². The maximum absolute atomic E-state index is 13.3. The molecule has 2 amide bonds. The number of halogens is 1. The van der Waals surface area contributed by atoms with Crippen LogP contribution in [0.3, 0.4) is 0 Å². The summed E-state index contributed by atoms with van der Waals surface area (Å²) in [6.07, 6.45) is 1.45. The Morgan fingerprint density at radius 2 is 1.96 bits per heavy atom. The van der Waals surface area contributed by atoms with E-state index in [0.29, 0.717) is 0 Å². The van der Waals surface area contributed by atoms with Gasteiger partial charge in [0.2, 0.25) is 15.7 Å². The molecule has 1 aromatic carbocycles. The van der Waals surface area contributed by atoms with Gasteiger partial charge in [-0.1, -0.05) is 13.0 Å². The first-order valence-corrected chi connectivity index (χ1v) is 9.69. The van der Waals surface area contributed by atoms with Crippen molar-refractivity contribution in [1.29, 1.82) is 0 Å². The first-order chi connectivity index (χ1) is 11.6. The van der Waals surface area contributed by atoms with Crippen molar-refractivity contribution in [1.82, 2.24) is 0 Å². The average Bonchev–Trinajstić information content (AvgIpc) is 3.14. The lowest BCUT2D eigenvalue weighted by Gasteiger charge is -2.08. The molecule has 9 heteroatoms. The average molecular weight is 382 g/mol. The van der Waals surface area contributed by atoms with Crippen molar-refractivity contribution in [3.63, 3.8) is 0 Å². The van der Waals surface area contributed by atoms with Crippen molar-refractivity contribution in [2.45, 2.75) is 28.9 Å². The molecule has 132 valence electrons. The van der Waals surface area contributed by atoms with Gasteiger partial charge in [0.05, 0.1) is 10.5 Å². The predicted molar refractivity (Wildman–Crippen MR) is 90.7 cm³/mol. The van der Waals surface area contributed by atoms with Gasteiger partial charge in [-0.2, -0.15) is 0 Å². The van der Waals surface area contributed by atoms with Crippen LogP contribution >= 0.6 is 11.3 Å². The van der Waals surface area contributed by atoms with E-state index in [4.69, 9.17) is 5.73 Å². The molecule has 6 nitrogen and oxygen atoms in total. The minimum atomic E-state index is -4.03. The lowest BCUT2D eigenvalue weighted by Crippen LogP contribution is -2.22. The van der Waals surface area contributed by atoms with Gasteiger partial charge in [-0.05, 0) is 37.1 Å².